The van der Waals surface area contributed by atoms with Crippen LogP contribution in [0.25, 0.3) is 28.4 Å². The maximum Gasteiger partial charge on any atom is 0.330 e. The normalized spacial score (nSPS) is 11.3. The van der Waals surface area contributed by atoms with Gasteiger partial charge in [0.25, 0.3) is 5.56 Å². The summed E-state index contributed by atoms with van der Waals surface area (Å²) in [4.78, 5) is 33.0. The highest BCUT2D eigenvalue weighted by molar-refractivity contribution is 5.75. The molecule has 0 atom stereocenters. The van der Waals surface area contributed by atoms with E-state index in [-0.39, 0.29) is 0 Å². The summed E-state index contributed by atoms with van der Waals surface area (Å²) in [5.74, 6) is 0.480. The van der Waals surface area contributed by atoms with Crippen molar-refractivity contribution in [3.63, 3.8) is 0 Å². The van der Waals surface area contributed by atoms with Crippen molar-refractivity contribution in [1.29, 1.82) is 0 Å². The van der Waals surface area contributed by atoms with Crippen molar-refractivity contribution in [2.75, 3.05) is 0 Å². The predicted molar refractivity (Wildman–Crippen MR) is 101 cm³/mol. The molecule has 0 fully saturated rings. The largest absolute Gasteiger partial charge is 0.330 e. The molecule has 3 aromatic heterocycles. The smallest absolute Gasteiger partial charge is 0.320 e. The van der Waals surface area contributed by atoms with E-state index in [1.807, 2.05) is 37.3 Å². The number of para-hydroxylation sites is 1. The first kappa shape index (κ1) is 17.0. The Kier molecular flexibility index (Phi) is 4.19. The summed E-state index contributed by atoms with van der Waals surface area (Å²) < 4.78 is 3.15. The van der Waals surface area contributed by atoms with E-state index in [9.17, 15) is 9.59 Å². The number of fused-ring (bicyclic) bond motifs is 1. The van der Waals surface area contributed by atoms with Crippen LogP contribution in [-0.2, 0) is 13.6 Å². The van der Waals surface area contributed by atoms with Crippen LogP contribution in [0.1, 0.15) is 19.8 Å². The first-order chi connectivity index (χ1) is 13.1. The molecule has 0 saturated carbocycles. The molecule has 0 aliphatic rings. The van der Waals surface area contributed by atoms with Crippen LogP contribution < -0.4 is 11.2 Å². The van der Waals surface area contributed by atoms with Gasteiger partial charge in [0.1, 0.15) is 5.69 Å². The SMILES string of the molecule is CCCCn1c(=O)[nH]c(=O)c2c1nc(-c1cnn(-c3ccccc3)n1)n2C. The minimum absolute atomic E-state index is 0.343. The van der Waals surface area contributed by atoms with E-state index >= 15 is 0 Å². The number of H-pyrrole nitrogens is 1. The van der Waals surface area contributed by atoms with E-state index < -0.39 is 11.2 Å². The van der Waals surface area contributed by atoms with Gasteiger partial charge in [-0.1, -0.05) is 31.5 Å². The average molecular weight is 365 g/mol. The Labute approximate surface area is 153 Å². The van der Waals surface area contributed by atoms with Crippen molar-refractivity contribution < 1.29 is 0 Å². The van der Waals surface area contributed by atoms with Crippen LogP contribution in [0, 0.1) is 0 Å². The Morgan fingerprint density at radius 1 is 1.15 bits per heavy atom. The molecule has 1 N–H and O–H groups in total. The Balaban J connectivity index is 1.87. The number of imidazole rings is 1. The third-order valence-corrected chi connectivity index (χ3v) is 4.46. The lowest BCUT2D eigenvalue weighted by Gasteiger charge is -2.04. The molecule has 1 aromatic carbocycles. The highest BCUT2D eigenvalue weighted by Gasteiger charge is 2.19. The van der Waals surface area contributed by atoms with E-state index in [1.165, 1.54) is 9.36 Å². The molecule has 0 unspecified atom stereocenters. The molecule has 4 aromatic rings. The van der Waals surface area contributed by atoms with E-state index in [1.54, 1.807) is 17.8 Å². The molecule has 0 aliphatic heterocycles. The standard InChI is InChI=1S/C18H19N7O2/c1-3-4-10-24-16-14(17(26)21-18(24)27)23(2)15(20-16)13-11-19-25(22-13)12-8-6-5-7-9-12/h5-9,11H,3-4,10H2,1-2H3,(H,21,26,27). The minimum Gasteiger partial charge on any atom is -0.320 e. The van der Waals surface area contributed by atoms with Crippen molar-refractivity contribution in [3.8, 4) is 17.2 Å². The van der Waals surface area contributed by atoms with E-state index in [2.05, 4.69) is 20.2 Å². The Morgan fingerprint density at radius 2 is 1.93 bits per heavy atom. The van der Waals surface area contributed by atoms with Crippen LogP contribution in [0.15, 0.2) is 46.1 Å². The maximum absolute atomic E-state index is 12.3. The molecule has 0 bridgehead atoms. The molecule has 0 saturated heterocycles. The summed E-state index contributed by atoms with van der Waals surface area (Å²) in [5, 5.41) is 8.76. The lowest BCUT2D eigenvalue weighted by molar-refractivity contribution is 0.613. The van der Waals surface area contributed by atoms with Gasteiger partial charge in [0.05, 0.1) is 11.9 Å². The second-order valence-electron chi connectivity index (χ2n) is 6.29. The number of nitrogens with zero attached hydrogens (tertiary/aromatic N) is 6. The van der Waals surface area contributed by atoms with Crippen LogP contribution in [0.4, 0.5) is 0 Å². The zero-order chi connectivity index (χ0) is 19.0. The monoisotopic (exact) mass is 365 g/mol. The van der Waals surface area contributed by atoms with Gasteiger partial charge in [0, 0.05) is 13.6 Å². The molecule has 9 heteroatoms. The number of hydrogen-bond acceptors (Lipinski definition) is 5. The van der Waals surface area contributed by atoms with Gasteiger partial charge >= 0.3 is 5.69 Å². The summed E-state index contributed by atoms with van der Waals surface area (Å²) in [6.07, 6.45) is 3.34. The van der Waals surface area contributed by atoms with Crippen LogP contribution >= 0.6 is 0 Å². The minimum atomic E-state index is -0.459. The lowest BCUT2D eigenvalue weighted by atomic mass is 10.3. The summed E-state index contributed by atoms with van der Waals surface area (Å²) in [6.45, 7) is 2.54. The number of unbranched alkanes of at least 4 members (excludes halogenated alkanes) is 1. The fraction of sp³-hybridized carbons (Fsp3) is 0.278. The third-order valence-electron chi connectivity index (χ3n) is 4.46. The third kappa shape index (κ3) is 2.86. The number of rotatable bonds is 5. The molecule has 0 radical (unpaired) electrons. The lowest BCUT2D eigenvalue weighted by Crippen LogP contribution is -2.31. The van der Waals surface area contributed by atoms with Crippen molar-refractivity contribution in [2.45, 2.75) is 26.3 Å². The average Bonchev–Trinajstić information content (AvgIpc) is 3.27. The second-order valence-corrected chi connectivity index (χ2v) is 6.29. The number of aromatic amines is 1. The molecule has 0 spiro atoms. The maximum atomic E-state index is 12.3. The highest BCUT2D eigenvalue weighted by Crippen LogP contribution is 2.19. The van der Waals surface area contributed by atoms with Gasteiger partial charge in [0.2, 0.25) is 0 Å². The molecule has 138 valence electrons. The van der Waals surface area contributed by atoms with Crippen molar-refractivity contribution in [3.05, 3.63) is 57.4 Å². The molecule has 9 nitrogen and oxygen atoms in total. The molecule has 0 amide bonds. The predicted octanol–water partition coefficient (Wildman–Crippen LogP) is 1.47. The van der Waals surface area contributed by atoms with Gasteiger partial charge in [-0.05, 0) is 18.6 Å². The first-order valence-corrected chi connectivity index (χ1v) is 8.78. The van der Waals surface area contributed by atoms with Gasteiger partial charge < -0.3 is 4.57 Å². The van der Waals surface area contributed by atoms with E-state index in [0.717, 1.165) is 18.5 Å². The van der Waals surface area contributed by atoms with Crippen LogP contribution in [-0.4, -0.2) is 34.1 Å². The quantitative estimate of drug-likeness (QED) is 0.577. The van der Waals surface area contributed by atoms with Gasteiger partial charge in [-0.3, -0.25) is 14.3 Å². The van der Waals surface area contributed by atoms with Crippen molar-refractivity contribution >= 4 is 11.2 Å². The second kappa shape index (κ2) is 6.67. The highest BCUT2D eigenvalue weighted by atomic mass is 16.2. The Morgan fingerprint density at radius 3 is 2.67 bits per heavy atom. The number of nitrogens with one attached hydrogen (secondary N) is 1. The number of benzene rings is 1. The Bertz CT molecular complexity index is 1210. The fourth-order valence-electron chi connectivity index (χ4n) is 3.05. The molecule has 4 rings (SSSR count). The van der Waals surface area contributed by atoms with Gasteiger partial charge in [-0.15, -0.1) is 5.10 Å². The summed E-state index contributed by atoms with van der Waals surface area (Å²) in [7, 11) is 1.73. The zero-order valence-corrected chi connectivity index (χ0v) is 15.1. The Hall–Kier alpha value is -3.49. The van der Waals surface area contributed by atoms with Crippen LogP contribution in [0.2, 0.25) is 0 Å². The van der Waals surface area contributed by atoms with Crippen molar-refractivity contribution in [1.82, 2.24) is 34.1 Å². The first-order valence-electron chi connectivity index (χ1n) is 8.78. The zero-order valence-electron chi connectivity index (χ0n) is 15.1. The van der Waals surface area contributed by atoms with Crippen LogP contribution in [0.3, 0.4) is 0 Å². The fourth-order valence-corrected chi connectivity index (χ4v) is 3.05. The number of aromatic nitrogens is 7. The van der Waals surface area contributed by atoms with E-state index in [0.29, 0.717) is 29.2 Å². The van der Waals surface area contributed by atoms with Crippen LogP contribution in [0.5, 0.6) is 0 Å². The molecule has 0 aliphatic carbocycles. The molecular formula is C18H19N7O2. The number of aryl methyl sites for hydroxylation is 2. The topological polar surface area (TPSA) is 103 Å². The molecular weight excluding hydrogens is 346 g/mol. The number of hydrogen-bond donors (Lipinski definition) is 1. The van der Waals surface area contributed by atoms with E-state index in [4.69, 9.17) is 0 Å². The summed E-state index contributed by atoms with van der Waals surface area (Å²) in [5.41, 5.74) is 1.14. The van der Waals surface area contributed by atoms with Gasteiger partial charge in [-0.25, -0.2) is 9.78 Å². The summed E-state index contributed by atoms with van der Waals surface area (Å²) >= 11 is 0. The van der Waals surface area contributed by atoms with Crippen molar-refractivity contribution in [2.24, 2.45) is 7.05 Å². The summed E-state index contributed by atoms with van der Waals surface area (Å²) in [6, 6.07) is 9.51. The van der Waals surface area contributed by atoms with Gasteiger partial charge in [0.15, 0.2) is 17.0 Å². The van der Waals surface area contributed by atoms with Gasteiger partial charge in [-0.2, -0.15) is 9.90 Å². The molecule has 3 heterocycles. The molecule has 27 heavy (non-hydrogen) atoms.